The molecule has 2 heterocycles. The number of hydrogen-bond donors (Lipinski definition) is 1. The first-order valence-electron chi connectivity index (χ1n) is 10.6. The van der Waals surface area contributed by atoms with Crippen molar-refractivity contribution in [2.45, 2.75) is 19.6 Å². The fourth-order valence-corrected chi connectivity index (χ4v) is 4.82. The van der Waals surface area contributed by atoms with Crippen molar-refractivity contribution in [3.63, 3.8) is 0 Å². The standard InChI is InChI=1S/C25H25N3O5S/c1-16(29)28(18-7-5-4-6-8-18)25-26-17(15-34-25)9-12-23(31)27-13-19-21(32-2)10-11-22(33-3)24(19)20(30)14-27/h4-12,15,20,30H,13-14H2,1-3H3/b12-9+. The van der Waals surface area contributed by atoms with E-state index in [0.717, 1.165) is 11.3 Å². The lowest BCUT2D eigenvalue weighted by atomic mass is 9.95. The normalized spacial score (nSPS) is 15.2. The maximum atomic E-state index is 12.9. The van der Waals surface area contributed by atoms with Crippen LogP contribution >= 0.6 is 11.3 Å². The molecule has 9 heteroatoms. The summed E-state index contributed by atoms with van der Waals surface area (Å²) < 4.78 is 10.8. The lowest BCUT2D eigenvalue weighted by Gasteiger charge is -2.33. The summed E-state index contributed by atoms with van der Waals surface area (Å²) in [4.78, 5) is 32.7. The van der Waals surface area contributed by atoms with E-state index in [9.17, 15) is 14.7 Å². The van der Waals surface area contributed by atoms with Gasteiger partial charge in [0.05, 0.1) is 38.7 Å². The van der Waals surface area contributed by atoms with E-state index in [4.69, 9.17) is 9.47 Å². The third-order valence-electron chi connectivity index (χ3n) is 5.53. The van der Waals surface area contributed by atoms with Gasteiger partial charge in [0.2, 0.25) is 11.8 Å². The Kier molecular flexibility index (Phi) is 6.95. The highest BCUT2D eigenvalue weighted by atomic mass is 32.1. The van der Waals surface area contributed by atoms with E-state index in [1.807, 2.05) is 30.3 Å². The van der Waals surface area contributed by atoms with Crippen LogP contribution in [0.25, 0.3) is 6.08 Å². The molecule has 0 radical (unpaired) electrons. The van der Waals surface area contributed by atoms with Crippen molar-refractivity contribution in [2.75, 3.05) is 25.7 Å². The second-order valence-electron chi connectivity index (χ2n) is 7.68. The predicted octanol–water partition coefficient (Wildman–Crippen LogP) is 3.93. The molecule has 0 saturated heterocycles. The molecule has 1 aliphatic heterocycles. The quantitative estimate of drug-likeness (QED) is 0.539. The molecule has 1 unspecified atom stereocenters. The van der Waals surface area contributed by atoms with E-state index in [0.29, 0.717) is 27.9 Å². The van der Waals surface area contributed by atoms with Gasteiger partial charge in [-0.1, -0.05) is 18.2 Å². The number of carbonyl (C=O) groups is 2. The topological polar surface area (TPSA) is 92.2 Å². The molecule has 0 aliphatic carbocycles. The van der Waals surface area contributed by atoms with Crippen LogP contribution in [0.5, 0.6) is 11.5 Å². The molecule has 34 heavy (non-hydrogen) atoms. The Bertz CT molecular complexity index is 1220. The van der Waals surface area contributed by atoms with Crippen LogP contribution in [-0.2, 0) is 16.1 Å². The van der Waals surface area contributed by atoms with E-state index >= 15 is 0 Å². The van der Waals surface area contributed by atoms with Gasteiger partial charge in [-0.05, 0) is 30.3 Å². The third-order valence-corrected chi connectivity index (χ3v) is 6.37. The van der Waals surface area contributed by atoms with Gasteiger partial charge in [0.25, 0.3) is 0 Å². The highest BCUT2D eigenvalue weighted by Gasteiger charge is 2.31. The maximum absolute atomic E-state index is 12.9. The first-order chi connectivity index (χ1) is 16.4. The van der Waals surface area contributed by atoms with Crippen molar-refractivity contribution in [1.82, 2.24) is 9.88 Å². The van der Waals surface area contributed by atoms with Crippen molar-refractivity contribution in [2.24, 2.45) is 0 Å². The molecule has 8 nitrogen and oxygen atoms in total. The van der Waals surface area contributed by atoms with Crippen LogP contribution in [-0.4, -0.2) is 47.6 Å². The highest BCUT2D eigenvalue weighted by Crippen LogP contribution is 2.39. The Morgan fingerprint density at radius 3 is 2.53 bits per heavy atom. The zero-order chi connectivity index (χ0) is 24.2. The number of aliphatic hydroxyl groups excluding tert-OH is 1. The van der Waals surface area contributed by atoms with Crippen LogP contribution in [0.1, 0.15) is 29.8 Å². The molecule has 176 valence electrons. The monoisotopic (exact) mass is 479 g/mol. The number of β-amino-alcohol motifs (C(OH)–C–C–N with tert-alkyl or cyclic N) is 1. The molecule has 0 spiro atoms. The van der Waals surface area contributed by atoms with Crippen molar-refractivity contribution in [3.05, 3.63) is 70.7 Å². The smallest absolute Gasteiger partial charge is 0.247 e. The molecular formula is C25H25N3O5S. The number of methoxy groups -OCH3 is 2. The fourth-order valence-electron chi connectivity index (χ4n) is 3.97. The van der Waals surface area contributed by atoms with Crippen molar-refractivity contribution in [1.29, 1.82) is 0 Å². The number of nitrogens with zero attached hydrogens (tertiary/aromatic N) is 3. The van der Waals surface area contributed by atoms with Crippen LogP contribution in [0, 0.1) is 0 Å². The number of hydrogen-bond acceptors (Lipinski definition) is 7. The number of rotatable bonds is 6. The number of aliphatic hydroxyl groups is 1. The number of fused-ring (bicyclic) bond motifs is 1. The summed E-state index contributed by atoms with van der Waals surface area (Å²) in [5, 5.41) is 13.0. The summed E-state index contributed by atoms with van der Waals surface area (Å²) in [6, 6.07) is 12.8. The van der Waals surface area contributed by atoms with Gasteiger partial charge in [0, 0.05) is 29.5 Å². The van der Waals surface area contributed by atoms with E-state index in [-0.39, 0.29) is 24.9 Å². The molecule has 1 N–H and O–H groups in total. The highest BCUT2D eigenvalue weighted by molar-refractivity contribution is 7.14. The van der Waals surface area contributed by atoms with E-state index in [2.05, 4.69) is 4.98 Å². The van der Waals surface area contributed by atoms with Gasteiger partial charge in [-0.15, -0.1) is 11.3 Å². The number of thiazole rings is 1. The average molecular weight is 480 g/mol. The fraction of sp³-hybridized carbons (Fsp3) is 0.240. The summed E-state index contributed by atoms with van der Waals surface area (Å²) in [5.41, 5.74) is 2.65. The Labute approximate surface area is 201 Å². The Morgan fingerprint density at radius 2 is 1.85 bits per heavy atom. The number of benzene rings is 2. The minimum absolute atomic E-state index is 0.133. The number of para-hydroxylation sites is 1. The second kappa shape index (κ2) is 10.1. The summed E-state index contributed by atoms with van der Waals surface area (Å²) in [6.45, 7) is 1.90. The number of aromatic nitrogens is 1. The Hall–Kier alpha value is -3.69. The summed E-state index contributed by atoms with van der Waals surface area (Å²) >= 11 is 1.32. The Morgan fingerprint density at radius 1 is 1.15 bits per heavy atom. The van der Waals surface area contributed by atoms with Gasteiger partial charge >= 0.3 is 0 Å². The summed E-state index contributed by atoms with van der Waals surface area (Å²) in [6.07, 6.45) is 2.13. The van der Waals surface area contributed by atoms with Crippen LogP contribution in [0.15, 0.2) is 53.9 Å². The lowest BCUT2D eigenvalue weighted by molar-refractivity contribution is -0.128. The average Bonchev–Trinajstić information content (AvgIpc) is 3.30. The number of anilines is 2. The molecule has 4 rings (SSSR count). The lowest BCUT2D eigenvalue weighted by Crippen LogP contribution is -2.37. The summed E-state index contributed by atoms with van der Waals surface area (Å²) in [7, 11) is 3.09. The van der Waals surface area contributed by atoms with E-state index in [1.54, 1.807) is 42.7 Å². The van der Waals surface area contributed by atoms with Crippen LogP contribution in [0.2, 0.25) is 0 Å². The number of amides is 2. The molecule has 1 atom stereocenters. The van der Waals surface area contributed by atoms with Gasteiger partial charge in [0.15, 0.2) is 5.13 Å². The molecule has 3 aromatic rings. The minimum atomic E-state index is -0.896. The van der Waals surface area contributed by atoms with Crippen molar-refractivity contribution < 1.29 is 24.2 Å². The predicted molar refractivity (Wildman–Crippen MR) is 130 cm³/mol. The van der Waals surface area contributed by atoms with Crippen molar-refractivity contribution >= 4 is 40.0 Å². The molecule has 1 aliphatic rings. The molecule has 0 saturated carbocycles. The van der Waals surface area contributed by atoms with Crippen LogP contribution in [0.3, 0.4) is 0 Å². The molecule has 2 aromatic carbocycles. The minimum Gasteiger partial charge on any atom is -0.496 e. The van der Waals surface area contributed by atoms with Crippen LogP contribution in [0.4, 0.5) is 10.8 Å². The number of ether oxygens (including phenoxy) is 2. The zero-order valence-corrected chi connectivity index (χ0v) is 19.9. The Balaban J connectivity index is 1.52. The van der Waals surface area contributed by atoms with Gasteiger partial charge in [-0.2, -0.15) is 0 Å². The zero-order valence-electron chi connectivity index (χ0n) is 19.1. The van der Waals surface area contributed by atoms with Gasteiger partial charge in [-0.3, -0.25) is 14.5 Å². The molecule has 0 fully saturated rings. The maximum Gasteiger partial charge on any atom is 0.247 e. The SMILES string of the molecule is COc1ccc(OC)c2c1CN(C(=O)/C=C/c1csc(N(C(C)=O)c3ccccc3)n1)CC2O. The molecule has 1 aromatic heterocycles. The number of carbonyl (C=O) groups excluding carboxylic acids is 2. The van der Waals surface area contributed by atoms with Gasteiger partial charge in [-0.25, -0.2) is 4.98 Å². The van der Waals surface area contributed by atoms with Gasteiger partial charge < -0.3 is 19.5 Å². The second-order valence-corrected chi connectivity index (χ2v) is 8.51. The van der Waals surface area contributed by atoms with Crippen molar-refractivity contribution in [3.8, 4) is 11.5 Å². The first kappa shape index (κ1) is 23.5. The molecule has 2 amide bonds. The summed E-state index contributed by atoms with van der Waals surface area (Å²) in [5.74, 6) is 0.730. The first-order valence-corrected chi connectivity index (χ1v) is 11.5. The van der Waals surface area contributed by atoms with E-state index < -0.39 is 6.10 Å². The molecule has 0 bridgehead atoms. The van der Waals surface area contributed by atoms with Crippen LogP contribution < -0.4 is 14.4 Å². The van der Waals surface area contributed by atoms with E-state index in [1.165, 1.54) is 29.2 Å². The largest absolute Gasteiger partial charge is 0.496 e. The molecular weight excluding hydrogens is 454 g/mol. The van der Waals surface area contributed by atoms with Gasteiger partial charge in [0.1, 0.15) is 17.6 Å². The third kappa shape index (κ3) is 4.66.